The third-order valence-corrected chi connectivity index (χ3v) is 8.19. The molecule has 236 valence electrons. The number of rotatable bonds is 16. The summed E-state index contributed by atoms with van der Waals surface area (Å²) < 4.78 is 0. The lowest BCUT2D eigenvalue weighted by molar-refractivity contribution is -0.989. The Hall–Kier alpha value is -7.20. The van der Waals surface area contributed by atoms with Gasteiger partial charge in [0.25, 0.3) is 21.7 Å². The molecule has 4 aliphatic rings. The minimum absolute atomic E-state index is 3.09. The molecular formula is C8N12O24. The summed E-state index contributed by atoms with van der Waals surface area (Å²) in [6.07, 6.45) is 0. The molecule has 0 aromatic rings. The average molecular weight is 648 g/mol. The first-order chi connectivity index (χ1) is 19.8. The van der Waals surface area contributed by atoms with Gasteiger partial charge in [-0.1, -0.05) is 0 Å². The van der Waals surface area contributed by atoms with Crippen molar-refractivity contribution in [1.82, 2.24) is 0 Å². The van der Waals surface area contributed by atoms with Crippen LogP contribution in [0.15, 0.2) is 0 Å². The van der Waals surface area contributed by atoms with E-state index in [0.29, 0.717) is 0 Å². The molecule has 36 nitrogen and oxygen atoms in total. The summed E-state index contributed by atoms with van der Waals surface area (Å²) in [6, 6.07) is 0. The summed E-state index contributed by atoms with van der Waals surface area (Å²) >= 11 is 0. The van der Waals surface area contributed by atoms with Gasteiger partial charge in [0.05, 0.1) is 0 Å². The molecule has 4 fully saturated rings. The average Bonchev–Trinajstić information content (AvgIpc) is 3.75. The van der Waals surface area contributed by atoms with Gasteiger partial charge in [0.15, 0.2) is 59.1 Å². The van der Waals surface area contributed by atoms with Crippen LogP contribution >= 0.6 is 0 Å². The summed E-state index contributed by atoms with van der Waals surface area (Å²) in [7, 11) is 0. The van der Waals surface area contributed by atoms with E-state index in [4.69, 9.17) is 0 Å². The fourth-order valence-corrected chi connectivity index (χ4v) is 7.52. The maximum Gasteiger partial charge on any atom is 0.710 e. The summed E-state index contributed by atoms with van der Waals surface area (Å²) in [5, 5.41) is 144. The molecule has 0 unspecified atom stereocenters. The Bertz CT molecular complexity index is 1240. The van der Waals surface area contributed by atoms with Crippen molar-refractivity contribution >= 4 is 0 Å². The largest absolute Gasteiger partial charge is 0.710 e. The van der Waals surface area contributed by atoms with E-state index in [1.165, 1.54) is 0 Å². The second-order valence-electron chi connectivity index (χ2n) is 8.63. The van der Waals surface area contributed by atoms with Gasteiger partial charge >= 0.3 is 23.1 Å². The van der Waals surface area contributed by atoms with Crippen LogP contribution in [0, 0.1) is 143 Å². The minimum Gasteiger partial charge on any atom is -0.253 e. The molecule has 0 amide bonds. The van der Waals surface area contributed by atoms with Gasteiger partial charge in [0.2, 0.25) is 0 Å². The molecule has 0 atom stereocenters. The molecule has 0 aromatic carbocycles. The predicted octanol–water partition coefficient (Wildman–Crippen LogP) is -4.09. The van der Waals surface area contributed by atoms with Crippen molar-refractivity contribution in [1.29, 1.82) is 0 Å². The monoisotopic (exact) mass is 648 g/mol. The van der Waals surface area contributed by atoms with Crippen LogP contribution in [-0.4, -0.2) is 82.2 Å². The topological polar surface area (TPSA) is 518 Å². The molecule has 0 aromatic heterocycles. The first-order valence-corrected chi connectivity index (χ1v) is 9.57. The van der Waals surface area contributed by atoms with Gasteiger partial charge in [-0.3, -0.25) is 121 Å². The van der Waals surface area contributed by atoms with E-state index in [0.717, 1.165) is 0 Å². The lowest BCUT2D eigenvalue weighted by Crippen LogP contribution is -2.60. The van der Waals surface area contributed by atoms with Crippen molar-refractivity contribution in [3.8, 4) is 0 Å². The smallest absolute Gasteiger partial charge is 0.253 e. The first kappa shape index (κ1) is 31.3. The lowest BCUT2D eigenvalue weighted by atomic mass is 10.1. The van der Waals surface area contributed by atoms with E-state index in [1.807, 2.05) is 0 Å². The van der Waals surface area contributed by atoms with Gasteiger partial charge in [0.1, 0.15) is 0 Å². The number of hydrogen-bond acceptors (Lipinski definition) is 24. The Kier molecular flexibility index (Phi) is 5.23. The van der Waals surface area contributed by atoms with Gasteiger partial charge < -0.3 is 0 Å². The maximum atomic E-state index is 12.0. The van der Waals surface area contributed by atoms with E-state index >= 15 is 0 Å². The first-order valence-electron chi connectivity index (χ1n) is 9.57. The summed E-state index contributed by atoms with van der Waals surface area (Å²) in [6.45, 7) is 0. The molecule has 0 heterocycles. The van der Waals surface area contributed by atoms with Crippen molar-refractivity contribution in [2.24, 2.45) is 21.7 Å². The van der Waals surface area contributed by atoms with E-state index in [1.54, 1.807) is 0 Å². The Labute approximate surface area is 226 Å². The normalized spacial score (nSPS) is 27.8. The van der Waals surface area contributed by atoms with Crippen molar-refractivity contribution in [3.63, 3.8) is 0 Å². The third-order valence-electron chi connectivity index (χ3n) is 8.19. The standard InChI is InChI=1S/C8N12O24/c21-9(22)5(10(23)24,11(25)26)1-2(6(12(27)28,13(29)30)14(31)32)3(1,7(15(33)34,16(35)36)17(37)38)4(1,2)8(18(39)40,19(41)42)20(43)44. The Balaban J connectivity index is 3.05. The highest BCUT2D eigenvalue weighted by molar-refractivity contribution is 5.84. The molecule has 0 bridgehead atoms. The quantitative estimate of drug-likeness (QED) is 0.0871. The molecule has 36 heteroatoms. The highest BCUT2D eigenvalue weighted by Gasteiger charge is 3.77. The molecule has 0 saturated heterocycles. The fraction of sp³-hybridized carbons (Fsp3) is 1.00. The van der Waals surface area contributed by atoms with E-state index < -0.39 is 104 Å². The third kappa shape index (κ3) is 1.84. The molecule has 0 radical (unpaired) electrons. The zero-order valence-electron chi connectivity index (χ0n) is 19.2. The van der Waals surface area contributed by atoms with Gasteiger partial charge in [-0.15, -0.1) is 0 Å². The van der Waals surface area contributed by atoms with Crippen molar-refractivity contribution in [2.75, 3.05) is 0 Å². The molecule has 0 spiro atoms. The Morgan fingerprint density at radius 1 is 0.227 bits per heavy atom. The van der Waals surface area contributed by atoms with Crippen molar-refractivity contribution < 1.29 is 59.1 Å². The molecule has 0 aliphatic heterocycles. The summed E-state index contributed by atoms with van der Waals surface area (Å²) in [4.78, 5) is 107. The highest BCUT2D eigenvalue weighted by Crippen LogP contribution is 3.38. The van der Waals surface area contributed by atoms with Crippen LogP contribution in [0.4, 0.5) is 0 Å². The number of nitro groups is 12. The van der Waals surface area contributed by atoms with Gasteiger partial charge in [-0.05, 0) is 0 Å². The molecule has 4 saturated carbocycles. The van der Waals surface area contributed by atoms with E-state index in [9.17, 15) is 121 Å². The highest BCUT2D eigenvalue weighted by atomic mass is 16.8. The van der Waals surface area contributed by atoms with Crippen molar-refractivity contribution in [2.45, 2.75) is 23.1 Å². The fourth-order valence-electron chi connectivity index (χ4n) is 7.52. The van der Waals surface area contributed by atoms with Crippen LogP contribution in [0.2, 0.25) is 0 Å². The SMILES string of the molecule is O=[N+]([O-])C([N+](=O)[O-])([N+](=O)[O-])C12C3(C([N+](=O)[O-])([N+](=O)[O-])[N+](=O)[O-])C1(C([N+](=O)[O-])([N+](=O)[O-])[N+](=O)[O-])C23C([N+](=O)[O-])([N+](=O)[O-])[N+](=O)[O-]. The van der Waals surface area contributed by atoms with Gasteiger partial charge in [-0.25, -0.2) is 0 Å². The summed E-state index contributed by atoms with van der Waals surface area (Å²) in [5.41, 5.74) is -22.9. The second-order valence-corrected chi connectivity index (χ2v) is 8.63. The van der Waals surface area contributed by atoms with Crippen LogP contribution in [0.25, 0.3) is 0 Å². The van der Waals surface area contributed by atoms with Gasteiger partial charge in [-0.2, -0.15) is 0 Å². The van der Waals surface area contributed by atoms with E-state index in [2.05, 4.69) is 0 Å². The van der Waals surface area contributed by atoms with E-state index in [-0.39, 0.29) is 0 Å². The van der Waals surface area contributed by atoms with Crippen LogP contribution in [0.5, 0.6) is 0 Å². The maximum absolute atomic E-state index is 12.0. The van der Waals surface area contributed by atoms with Crippen LogP contribution < -0.4 is 0 Å². The molecular weight excluding hydrogens is 648 g/mol. The zero-order valence-corrected chi connectivity index (χ0v) is 19.2. The van der Waals surface area contributed by atoms with Crippen molar-refractivity contribution in [3.05, 3.63) is 121 Å². The molecule has 0 N–H and O–H groups in total. The Morgan fingerprint density at radius 3 is 0.341 bits per heavy atom. The minimum atomic E-state index is -6.29. The number of nitrogens with zero attached hydrogens (tertiary/aromatic N) is 12. The summed E-state index contributed by atoms with van der Waals surface area (Å²) in [5.74, 6) is -25.2. The Morgan fingerprint density at radius 2 is 0.295 bits per heavy atom. The van der Waals surface area contributed by atoms with Crippen LogP contribution in [-0.2, 0) is 0 Å². The zero-order chi connectivity index (χ0) is 34.9. The predicted molar refractivity (Wildman–Crippen MR) is 105 cm³/mol. The second kappa shape index (κ2) is 7.35. The van der Waals surface area contributed by atoms with Crippen LogP contribution in [0.1, 0.15) is 0 Å². The molecule has 4 rings (SSSR count). The van der Waals surface area contributed by atoms with Gasteiger partial charge in [0, 0.05) is 0 Å². The molecule has 4 aliphatic carbocycles. The van der Waals surface area contributed by atoms with Crippen LogP contribution in [0.3, 0.4) is 0 Å². The lowest BCUT2D eigenvalue weighted by Gasteiger charge is -2.09. The number of hydrogen-bond donors (Lipinski definition) is 0. The molecule has 44 heavy (non-hydrogen) atoms.